The summed E-state index contributed by atoms with van der Waals surface area (Å²) in [5.41, 5.74) is 4.98. The van der Waals surface area contributed by atoms with Crippen LogP contribution in [-0.2, 0) is 9.53 Å². The van der Waals surface area contributed by atoms with Gasteiger partial charge in [0.1, 0.15) is 11.1 Å². The zero-order chi connectivity index (χ0) is 12.4. The first-order valence-corrected chi connectivity index (χ1v) is 6.29. The first-order valence-electron chi connectivity index (χ1n) is 6.29. The predicted octanol–water partition coefficient (Wildman–Crippen LogP) is 2.63. The monoisotopic (exact) mass is 227 g/mol. The van der Waals surface area contributed by atoms with Gasteiger partial charge in [-0.25, -0.2) is 0 Å². The molecule has 1 aliphatic rings. The number of hydrogen-bond acceptors (Lipinski definition) is 3. The van der Waals surface area contributed by atoms with Crippen molar-refractivity contribution in [1.82, 2.24) is 0 Å². The molecule has 1 fully saturated rings. The van der Waals surface area contributed by atoms with Gasteiger partial charge < -0.3 is 10.5 Å². The molecule has 0 atom stereocenters. The molecule has 1 aliphatic carbocycles. The lowest BCUT2D eigenvalue weighted by Gasteiger charge is -2.36. The van der Waals surface area contributed by atoms with E-state index >= 15 is 0 Å². The Morgan fingerprint density at radius 3 is 2.25 bits per heavy atom. The van der Waals surface area contributed by atoms with E-state index in [9.17, 15) is 4.79 Å². The molecule has 3 nitrogen and oxygen atoms in total. The molecule has 0 saturated heterocycles. The predicted molar refractivity (Wildman–Crippen MR) is 65.0 cm³/mol. The Morgan fingerprint density at radius 2 is 1.88 bits per heavy atom. The summed E-state index contributed by atoms with van der Waals surface area (Å²) in [5.74, 6) is 0.508. The van der Waals surface area contributed by atoms with Crippen LogP contribution >= 0.6 is 0 Å². The maximum absolute atomic E-state index is 12.0. The lowest BCUT2D eigenvalue weighted by molar-refractivity contribution is -0.163. The number of hydrogen-bond donors (Lipinski definition) is 1. The molecule has 0 aromatic heterocycles. The summed E-state index contributed by atoms with van der Waals surface area (Å²) in [6.07, 6.45) is 4.81. The third kappa shape index (κ3) is 3.48. The molecule has 1 saturated carbocycles. The van der Waals surface area contributed by atoms with E-state index in [0.29, 0.717) is 0 Å². The third-order valence-electron chi connectivity index (χ3n) is 3.38. The minimum Gasteiger partial charge on any atom is -0.459 e. The normalized spacial score (nSPS) is 31.2. The summed E-state index contributed by atoms with van der Waals surface area (Å²) >= 11 is 0. The lowest BCUT2D eigenvalue weighted by atomic mass is 9.76. The first-order chi connectivity index (χ1) is 7.27. The van der Waals surface area contributed by atoms with Gasteiger partial charge in [0.05, 0.1) is 0 Å². The molecule has 2 N–H and O–H groups in total. The van der Waals surface area contributed by atoms with Crippen molar-refractivity contribution in [3.63, 3.8) is 0 Å². The van der Waals surface area contributed by atoms with Gasteiger partial charge >= 0.3 is 5.97 Å². The molecule has 0 heterocycles. The molecule has 3 heteroatoms. The Kier molecular flexibility index (Phi) is 4.00. The minimum atomic E-state index is -0.737. The van der Waals surface area contributed by atoms with E-state index in [0.717, 1.165) is 31.6 Å². The van der Waals surface area contributed by atoms with Crippen molar-refractivity contribution in [3.05, 3.63) is 0 Å². The van der Waals surface area contributed by atoms with E-state index < -0.39 is 11.1 Å². The standard InChI is InChI=1S/C13H25NO2/c1-5-10-6-8-13(14,9-7-10)11(15)16-12(2,3)4/h10H,5-9,14H2,1-4H3. The zero-order valence-corrected chi connectivity index (χ0v) is 11.0. The summed E-state index contributed by atoms with van der Waals surface area (Å²) in [6.45, 7) is 7.84. The molecule has 94 valence electrons. The highest BCUT2D eigenvalue weighted by atomic mass is 16.6. The fourth-order valence-electron chi connectivity index (χ4n) is 2.18. The van der Waals surface area contributed by atoms with Gasteiger partial charge in [-0.3, -0.25) is 4.79 Å². The van der Waals surface area contributed by atoms with Crippen molar-refractivity contribution in [3.8, 4) is 0 Å². The van der Waals surface area contributed by atoms with Crippen LogP contribution in [0.2, 0.25) is 0 Å². The summed E-state index contributed by atoms with van der Waals surface area (Å²) in [6, 6.07) is 0. The van der Waals surface area contributed by atoms with Gasteiger partial charge in [0, 0.05) is 0 Å². The maximum Gasteiger partial charge on any atom is 0.326 e. The number of esters is 1. The molecule has 0 amide bonds. The van der Waals surface area contributed by atoms with Crippen LogP contribution in [-0.4, -0.2) is 17.1 Å². The molecule has 0 unspecified atom stereocenters. The first kappa shape index (κ1) is 13.5. The van der Waals surface area contributed by atoms with Gasteiger partial charge in [-0.1, -0.05) is 13.3 Å². The molecular weight excluding hydrogens is 202 g/mol. The Morgan fingerprint density at radius 1 is 1.38 bits per heavy atom. The smallest absolute Gasteiger partial charge is 0.326 e. The maximum atomic E-state index is 12.0. The van der Waals surface area contributed by atoms with Crippen LogP contribution in [0.15, 0.2) is 0 Å². The van der Waals surface area contributed by atoms with E-state index in [1.165, 1.54) is 6.42 Å². The average Bonchev–Trinajstić information content (AvgIpc) is 2.16. The highest BCUT2D eigenvalue weighted by Gasteiger charge is 2.40. The van der Waals surface area contributed by atoms with Crippen LogP contribution in [0.25, 0.3) is 0 Å². The summed E-state index contributed by atoms with van der Waals surface area (Å²) in [4.78, 5) is 12.0. The summed E-state index contributed by atoms with van der Waals surface area (Å²) in [5, 5.41) is 0. The van der Waals surface area contributed by atoms with Crippen molar-refractivity contribution >= 4 is 5.97 Å². The minimum absolute atomic E-state index is 0.227. The van der Waals surface area contributed by atoms with Gasteiger partial charge in [-0.05, 0) is 52.4 Å². The lowest BCUT2D eigenvalue weighted by Crippen LogP contribution is -2.53. The van der Waals surface area contributed by atoms with Crippen LogP contribution in [0.4, 0.5) is 0 Å². The van der Waals surface area contributed by atoms with Gasteiger partial charge in [0.2, 0.25) is 0 Å². The Hall–Kier alpha value is -0.570. The number of rotatable bonds is 2. The number of ether oxygens (including phenoxy) is 1. The number of nitrogens with two attached hydrogens (primary N) is 1. The summed E-state index contributed by atoms with van der Waals surface area (Å²) in [7, 11) is 0. The quantitative estimate of drug-likeness (QED) is 0.738. The average molecular weight is 227 g/mol. The van der Waals surface area contributed by atoms with Gasteiger partial charge in [-0.15, -0.1) is 0 Å². The van der Waals surface area contributed by atoms with Crippen molar-refractivity contribution < 1.29 is 9.53 Å². The van der Waals surface area contributed by atoms with E-state index in [1.807, 2.05) is 20.8 Å². The molecule has 0 spiro atoms. The van der Waals surface area contributed by atoms with Crippen molar-refractivity contribution in [2.24, 2.45) is 11.7 Å². The second kappa shape index (κ2) is 4.74. The molecule has 1 rings (SSSR count). The topological polar surface area (TPSA) is 52.3 Å². The highest BCUT2D eigenvalue weighted by molar-refractivity contribution is 5.81. The third-order valence-corrected chi connectivity index (χ3v) is 3.38. The van der Waals surface area contributed by atoms with E-state index in [1.54, 1.807) is 0 Å². The Balaban J connectivity index is 2.56. The van der Waals surface area contributed by atoms with E-state index in [4.69, 9.17) is 10.5 Å². The molecule has 0 aromatic rings. The van der Waals surface area contributed by atoms with E-state index in [-0.39, 0.29) is 5.97 Å². The number of carbonyl (C=O) groups is 1. The fraction of sp³-hybridized carbons (Fsp3) is 0.923. The van der Waals surface area contributed by atoms with Gasteiger partial charge in [-0.2, -0.15) is 0 Å². The van der Waals surface area contributed by atoms with Crippen molar-refractivity contribution in [2.45, 2.75) is 70.9 Å². The second-order valence-corrected chi connectivity index (χ2v) is 6.01. The largest absolute Gasteiger partial charge is 0.459 e. The van der Waals surface area contributed by atoms with E-state index in [2.05, 4.69) is 6.92 Å². The second-order valence-electron chi connectivity index (χ2n) is 6.01. The molecule has 0 aromatic carbocycles. The molecular formula is C13H25NO2. The molecule has 0 radical (unpaired) electrons. The van der Waals surface area contributed by atoms with Gasteiger partial charge in [0.25, 0.3) is 0 Å². The van der Waals surface area contributed by atoms with Crippen LogP contribution in [0.1, 0.15) is 59.8 Å². The Bertz CT molecular complexity index is 247. The molecule has 0 bridgehead atoms. The summed E-state index contributed by atoms with van der Waals surface area (Å²) < 4.78 is 5.39. The SMILES string of the molecule is CCC1CCC(N)(C(=O)OC(C)(C)C)CC1. The van der Waals surface area contributed by atoms with Crippen LogP contribution in [0.3, 0.4) is 0 Å². The zero-order valence-electron chi connectivity index (χ0n) is 11.0. The van der Waals surface area contributed by atoms with Crippen LogP contribution in [0, 0.1) is 5.92 Å². The molecule has 0 aliphatic heterocycles. The van der Waals surface area contributed by atoms with Crippen molar-refractivity contribution in [2.75, 3.05) is 0 Å². The van der Waals surface area contributed by atoms with Crippen molar-refractivity contribution in [1.29, 1.82) is 0 Å². The fourth-order valence-corrected chi connectivity index (χ4v) is 2.18. The van der Waals surface area contributed by atoms with Crippen LogP contribution in [0.5, 0.6) is 0 Å². The number of carbonyl (C=O) groups excluding carboxylic acids is 1. The van der Waals surface area contributed by atoms with Gasteiger partial charge in [0.15, 0.2) is 0 Å². The molecule has 16 heavy (non-hydrogen) atoms. The Labute approximate surface area is 98.7 Å². The highest BCUT2D eigenvalue weighted by Crippen LogP contribution is 2.33. The van der Waals surface area contributed by atoms with Crippen LogP contribution < -0.4 is 5.73 Å².